The molecule has 0 amide bonds. The minimum Gasteiger partial charge on any atom is -0.467 e. The lowest BCUT2D eigenvalue weighted by molar-refractivity contribution is -0.196. The number of ether oxygens (including phenoxy) is 5. The third kappa shape index (κ3) is 2.06. The molecule has 2 aliphatic heterocycles. The third-order valence-corrected chi connectivity index (χ3v) is 4.14. The largest absolute Gasteiger partial charge is 0.467 e. The summed E-state index contributed by atoms with van der Waals surface area (Å²) >= 11 is 0. The van der Waals surface area contributed by atoms with Crippen LogP contribution in [0.5, 0.6) is 0 Å². The lowest BCUT2D eigenvalue weighted by Gasteiger charge is -2.38. The molecule has 20 heavy (non-hydrogen) atoms. The highest BCUT2D eigenvalue weighted by Crippen LogP contribution is 2.50. The third-order valence-electron chi connectivity index (χ3n) is 4.14. The lowest BCUT2D eigenvalue weighted by Crippen LogP contribution is -2.57. The van der Waals surface area contributed by atoms with Crippen molar-refractivity contribution in [2.45, 2.75) is 76.0 Å². The van der Waals surface area contributed by atoms with Crippen LogP contribution in [0.2, 0.25) is 0 Å². The van der Waals surface area contributed by atoms with Gasteiger partial charge in [-0.05, 0) is 27.7 Å². The van der Waals surface area contributed by atoms with Crippen LogP contribution in [-0.2, 0) is 28.5 Å². The molecule has 6 nitrogen and oxygen atoms in total. The number of rotatable bonds is 1. The maximum Gasteiger partial charge on any atom is 0.341 e. The van der Waals surface area contributed by atoms with E-state index < -0.39 is 23.1 Å². The Kier molecular flexibility index (Phi) is 2.97. The van der Waals surface area contributed by atoms with E-state index >= 15 is 0 Å². The average molecular weight is 286 g/mol. The van der Waals surface area contributed by atoms with E-state index in [4.69, 9.17) is 23.7 Å². The number of methoxy groups -OCH3 is 1. The van der Waals surface area contributed by atoms with Gasteiger partial charge >= 0.3 is 5.97 Å². The van der Waals surface area contributed by atoms with Crippen molar-refractivity contribution in [2.24, 2.45) is 0 Å². The van der Waals surface area contributed by atoms with Crippen LogP contribution in [0.15, 0.2) is 0 Å². The second-order valence-corrected chi connectivity index (χ2v) is 6.64. The van der Waals surface area contributed by atoms with E-state index in [1.807, 2.05) is 13.8 Å². The van der Waals surface area contributed by atoms with E-state index in [2.05, 4.69) is 0 Å². The van der Waals surface area contributed by atoms with Gasteiger partial charge in [-0.25, -0.2) is 4.79 Å². The monoisotopic (exact) mass is 286 g/mol. The number of fused-ring (bicyclic) bond motifs is 2. The molecule has 0 unspecified atom stereocenters. The van der Waals surface area contributed by atoms with Gasteiger partial charge in [0.1, 0.15) is 6.10 Å². The Morgan fingerprint density at radius 3 is 2.35 bits per heavy atom. The summed E-state index contributed by atoms with van der Waals surface area (Å²) in [5.74, 6) is -1.85. The summed E-state index contributed by atoms with van der Waals surface area (Å²) in [5, 5.41) is 0. The van der Waals surface area contributed by atoms with Crippen LogP contribution in [-0.4, -0.2) is 48.6 Å². The quantitative estimate of drug-likeness (QED) is 0.678. The summed E-state index contributed by atoms with van der Waals surface area (Å²) in [6.45, 7) is 7.35. The van der Waals surface area contributed by atoms with Crippen LogP contribution >= 0.6 is 0 Å². The molecule has 0 radical (unpaired) electrons. The predicted molar refractivity (Wildman–Crippen MR) is 67.8 cm³/mol. The SMILES string of the molecule is COC(=O)[C@@]12C[C@H]3OC(C)(C)O[C@H]3C[C@@H]1OC(C)(C)O2. The van der Waals surface area contributed by atoms with Crippen molar-refractivity contribution in [3.05, 3.63) is 0 Å². The highest BCUT2D eigenvalue weighted by Gasteiger charge is 2.65. The van der Waals surface area contributed by atoms with Crippen LogP contribution in [0, 0.1) is 0 Å². The summed E-state index contributed by atoms with van der Waals surface area (Å²) < 4.78 is 28.5. The zero-order valence-corrected chi connectivity index (χ0v) is 12.6. The fourth-order valence-electron chi connectivity index (χ4n) is 3.60. The van der Waals surface area contributed by atoms with Crippen molar-refractivity contribution in [3.63, 3.8) is 0 Å². The molecule has 3 rings (SSSR count). The van der Waals surface area contributed by atoms with Crippen molar-refractivity contribution in [3.8, 4) is 0 Å². The van der Waals surface area contributed by atoms with Crippen LogP contribution < -0.4 is 0 Å². The van der Waals surface area contributed by atoms with E-state index in [-0.39, 0.29) is 18.3 Å². The van der Waals surface area contributed by atoms with Crippen molar-refractivity contribution < 1.29 is 28.5 Å². The minimum absolute atomic E-state index is 0.0784. The molecule has 2 heterocycles. The molecule has 114 valence electrons. The first kappa shape index (κ1) is 14.3. The summed E-state index contributed by atoms with van der Waals surface area (Å²) in [4.78, 5) is 12.3. The minimum atomic E-state index is -1.09. The number of hydrogen-bond donors (Lipinski definition) is 0. The summed E-state index contributed by atoms with van der Waals surface area (Å²) in [5.41, 5.74) is -1.09. The molecule has 0 bridgehead atoms. The normalized spacial score (nSPS) is 44.8. The van der Waals surface area contributed by atoms with Gasteiger partial charge in [0.05, 0.1) is 19.3 Å². The predicted octanol–water partition coefficient (Wildman–Crippen LogP) is 1.36. The molecule has 2 saturated heterocycles. The molecule has 0 N–H and O–H groups in total. The smallest absolute Gasteiger partial charge is 0.341 e. The van der Waals surface area contributed by atoms with Gasteiger partial charge in [0.25, 0.3) is 0 Å². The molecule has 4 atom stereocenters. The van der Waals surface area contributed by atoms with Crippen LogP contribution in [0.3, 0.4) is 0 Å². The van der Waals surface area contributed by atoms with E-state index in [1.165, 1.54) is 7.11 Å². The summed E-state index contributed by atoms with van der Waals surface area (Å²) in [7, 11) is 1.37. The summed E-state index contributed by atoms with van der Waals surface area (Å²) in [6, 6.07) is 0. The number of hydrogen-bond acceptors (Lipinski definition) is 6. The Labute approximate surface area is 118 Å². The zero-order chi connectivity index (χ0) is 14.8. The van der Waals surface area contributed by atoms with E-state index in [1.54, 1.807) is 13.8 Å². The van der Waals surface area contributed by atoms with Gasteiger partial charge in [0.15, 0.2) is 17.2 Å². The first-order valence-corrected chi connectivity index (χ1v) is 6.99. The Morgan fingerprint density at radius 1 is 1.05 bits per heavy atom. The highest BCUT2D eigenvalue weighted by atomic mass is 16.8. The maximum atomic E-state index is 12.3. The van der Waals surface area contributed by atoms with Gasteiger partial charge in [-0.1, -0.05) is 0 Å². The van der Waals surface area contributed by atoms with Crippen LogP contribution in [0.4, 0.5) is 0 Å². The molecular weight excluding hydrogens is 264 g/mol. The molecule has 1 saturated carbocycles. The summed E-state index contributed by atoms with van der Waals surface area (Å²) in [6.07, 6.45) is 0.320. The molecule has 0 spiro atoms. The topological polar surface area (TPSA) is 63.2 Å². The van der Waals surface area contributed by atoms with Gasteiger partial charge in [0, 0.05) is 12.8 Å². The zero-order valence-electron chi connectivity index (χ0n) is 12.6. The molecular formula is C14H22O6. The average Bonchev–Trinajstić information content (AvgIpc) is 2.74. The highest BCUT2D eigenvalue weighted by molar-refractivity contribution is 5.81. The van der Waals surface area contributed by atoms with E-state index in [9.17, 15) is 4.79 Å². The fraction of sp³-hybridized carbons (Fsp3) is 0.929. The molecule has 0 aromatic carbocycles. The number of esters is 1. The standard InChI is InChI=1S/C14H22O6/c1-12(2)17-8-6-10-14(11(15)16-5,7-9(8)18-12)20-13(3,4)19-10/h8-10H,6-7H2,1-5H3/t8-,9+,10-,14+/m0/s1. The number of carbonyl (C=O) groups is 1. The van der Waals surface area contributed by atoms with Gasteiger partial charge in [-0.15, -0.1) is 0 Å². The van der Waals surface area contributed by atoms with Crippen LogP contribution in [0.1, 0.15) is 40.5 Å². The van der Waals surface area contributed by atoms with Crippen molar-refractivity contribution in [1.29, 1.82) is 0 Å². The molecule has 6 heteroatoms. The maximum absolute atomic E-state index is 12.3. The second-order valence-electron chi connectivity index (χ2n) is 6.64. The second kappa shape index (κ2) is 4.16. The molecule has 0 aromatic rings. The first-order chi connectivity index (χ1) is 9.17. The van der Waals surface area contributed by atoms with Gasteiger partial charge in [-0.2, -0.15) is 0 Å². The Bertz CT molecular complexity index is 431. The molecule has 1 aliphatic carbocycles. The Balaban J connectivity index is 1.91. The van der Waals surface area contributed by atoms with Gasteiger partial charge in [0.2, 0.25) is 0 Å². The fourth-order valence-corrected chi connectivity index (χ4v) is 3.60. The molecule has 3 fully saturated rings. The van der Waals surface area contributed by atoms with Gasteiger partial charge < -0.3 is 23.7 Å². The van der Waals surface area contributed by atoms with Crippen molar-refractivity contribution >= 4 is 5.97 Å². The Hall–Kier alpha value is -0.690. The molecule has 3 aliphatic rings. The Morgan fingerprint density at radius 2 is 1.70 bits per heavy atom. The van der Waals surface area contributed by atoms with Crippen LogP contribution in [0.25, 0.3) is 0 Å². The lowest BCUT2D eigenvalue weighted by atomic mass is 9.79. The first-order valence-electron chi connectivity index (χ1n) is 6.99. The van der Waals surface area contributed by atoms with E-state index in [0.717, 1.165) is 0 Å². The van der Waals surface area contributed by atoms with Gasteiger partial charge in [-0.3, -0.25) is 0 Å². The van der Waals surface area contributed by atoms with E-state index in [0.29, 0.717) is 12.8 Å². The van der Waals surface area contributed by atoms with Crippen molar-refractivity contribution in [2.75, 3.05) is 7.11 Å². The number of carbonyl (C=O) groups excluding carboxylic acids is 1. The van der Waals surface area contributed by atoms with Crippen molar-refractivity contribution in [1.82, 2.24) is 0 Å². The molecule has 0 aromatic heterocycles.